The van der Waals surface area contributed by atoms with Gasteiger partial charge in [0.1, 0.15) is 0 Å². The average Bonchev–Trinajstić information content (AvgIpc) is 3.62. The van der Waals surface area contributed by atoms with Gasteiger partial charge in [0.05, 0.1) is 52.0 Å². The zero-order valence-electron chi connectivity index (χ0n) is 20.8. The molecule has 6 aromatic rings. The Labute approximate surface area is 247 Å². The predicted molar refractivity (Wildman–Crippen MR) is 165 cm³/mol. The Balaban J connectivity index is 1.18. The van der Waals surface area contributed by atoms with Crippen LogP contribution in [0.1, 0.15) is 20.7 Å². The van der Waals surface area contributed by atoms with Crippen molar-refractivity contribution >= 4 is 79.5 Å². The van der Waals surface area contributed by atoms with E-state index in [1.54, 1.807) is 12.1 Å². The van der Waals surface area contributed by atoms with E-state index in [1.807, 2.05) is 72.8 Å². The fourth-order valence-corrected chi connectivity index (χ4v) is 6.43. The minimum atomic E-state index is -0.247. The largest absolute Gasteiger partial charge is 0.350 e. The normalized spacial score (nSPS) is 11.2. The van der Waals surface area contributed by atoms with Crippen LogP contribution in [0.4, 0.5) is 0 Å². The summed E-state index contributed by atoms with van der Waals surface area (Å²) in [6.45, 7) is 0.496. The van der Waals surface area contributed by atoms with Crippen molar-refractivity contribution in [1.29, 1.82) is 0 Å². The molecule has 10 heteroatoms. The van der Waals surface area contributed by atoms with Gasteiger partial charge in [-0.2, -0.15) is 0 Å². The van der Waals surface area contributed by atoms with Gasteiger partial charge in [-0.25, -0.2) is 9.97 Å². The molecule has 40 heavy (non-hydrogen) atoms. The molecule has 4 heterocycles. The molecule has 0 saturated carbocycles. The average molecular weight is 604 g/mol. The molecule has 6 nitrogen and oxygen atoms in total. The van der Waals surface area contributed by atoms with E-state index in [9.17, 15) is 9.59 Å². The lowest BCUT2D eigenvalue weighted by atomic mass is 10.1. The summed E-state index contributed by atoms with van der Waals surface area (Å²) >= 11 is 15.1. The van der Waals surface area contributed by atoms with Gasteiger partial charge in [-0.3, -0.25) is 9.59 Å². The standard InChI is InChI=1S/C30H20Cl2N4O2S2/c31-27-11-9-25(39-27)23-15-19(17-5-1-3-7-21(17)35-23)29(37)33-13-14-34-30(38)20-16-24(26-10-12-28(32)40-26)36-22-8-4-2-6-18(20)22/h1-12,15-16H,13-14H2,(H,33,37)(H,34,38). The highest BCUT2D eigenvalue weighted by atomic mass is 35.5. The highest BCUT2D eigenvalue weighted by Gasteiger charge is 2.17. The number of rotatable bonds is 7. The third-order valence-electron chi connectivity index (χ3n) is 6.27. The molecule has 0 saturated heterocycles. The molecule has 4 aromatic heterocycles. The summed E-state index contributed by atoms with van der Waals surface area (Å²) in [5.74, 6) is -0.494. The van der Waals surface area contributed by atoms with Crippen LogP contribution in [0.3, 0.4) is 0 Å². The van der Waals surface area contributed by atoms with Crippen molar-refractivity contribution in [1.82, 2.24) is 20.6 Å². The molecule has 0 aliphatic heterocycles. The van der Waals surface area contributed by atoms with Crippen LogP contribution in [0.5, 0.6) is 0 Å². The van der Waals surface area contributed by atoms with E-state index >= 15 is 0 Å². The van der Waals surface area contributed by atoms with Gasteiger partial charge in [0.25, 0.3) is 11.8 Å². The minimum absolute atomic E-state index is 0.247. The first-order valence-electron chi connectivity index (χ1n) is 12.3. The molecule has 2 amide bonds. The van der Waals surface area contributed by atoms with E-state index in [0.29, 0.717) is 31.2 Å². The fraction of sp³-hybridized carbons (Fsp3) is 0.0667. The Morgan fingerprint density at radius 1 is 0.625 bits per heavy atom. The third-order valence-corrected chi connectivity index (χ3v) is 8.78. The van der Waals surface area contributed by atoms with Gasteiger partial charge in [-0.05, 0) is 48.5 Å². The lowest BCUT2D eigenvalue weighted by Gasteiger charge is -2.12. The maximum Gasteiger partial charge on any atom is 0.252 e. The Morgan fingerprint density at radius 3 is 1.45 bits per heavy atom. The van der Waals surface area contributed by atoms with E-state index in [0.717, 1.165) is 31.6 Å². The van der Waals surface area contributed by atoms with Crippen LogP contribution in [0, 0.1) is 0 Å². The molecule has 0 radical (unpaired) electrons. The first kappa shape index (κ1) is 26.4. The number of benzene rings is 2. The Kier molecular flexibility index (Phi) is 7.49. The van der Waals surface area contributed by atoms with Gasteiger partial charge in [-0.1, -0.05) is 59.6 Å². The van der Waals surface area contributed by atoms with E-state index in [2.05, 4.69) is 10.6 Å². The molecule has 198 valence electrons. The van der Waals surface area contributed by atoms with Gasteiger partial charge < -0.3 is 10.6 Å². The van der Waals surface area contributed by atoms with Crippen LogP contribution >= 0.6 is 45.9 Å². The number of para-hydroxylation sites is 2. The third kappa shape index (κ3) is 5.44. The number of fused-ring (bicyclic) bond motifs is 2. The molecule has 2 N–H and O–H groups in total. The van der Waals surface area contributed by atoms with Crippen LogP contribution in [0.15, 0.2) is 84.9 Å². The van der Waals surface area contributed by atoms with E-state index < -0.39 is 0 Å². The number of carbonyl (C=O) groups is 2. The number of aromatic nitrogens is 2. The number of nitrogens with zero attached hydrogens (tertiary/aromatic N) is 2. The second-order valence-corrected chi connectivity index (χ2v) is 12.3. The lowest BCUT2D eigenvalue weighted by molar-refractivity contribution is 0.0929. The Morgan fingerprint density at radius 2 is 1.05 bits per heavy atom. The number of nitrogens with one attached hydrogen (secondary N) is 2. The second-order valence-electron chi connectivity index (χ2n) is 8.86. The molecule has 0 bridgehead atoms. The number of thiophene rings is 2. The number of hydrogen-bond acceptors (Lipinski definition) is 6. The molecule has 0 aliphatic carbocycles. The van der Waals surface area contributed by atoms with Gasteiger partial charge in [-0.15, -0.1) is 22.7 Å². The summed E-state index contributed by atoms with van der Waals surface area (Å²) in [5, 5.41) is 7.36. The second kappa shape index (κ2) is 11.3. The molecule has 0 unspecified atom stereocenters. The fourth-order valence-electron chi connectivity index (χ4n) is 4.43. The highest BCUT2D eigenvalue weighted by molar-refractivity contribution is 7.19. The van der Waals surface area contributed by atoms with Gasteiger partial charge >= 0.3 is 0 Å². The number of carbonyl (C=O) groups excluding carboxylic acids is 2. The summed E-state index contributed by atoms with van der Waals surface area (Å²) < 4.78 is 1.31. The summed E-state index contributed by atoms with van der Waals surface area (Å²) in [7, 11) is 0. The Hall–Kier alpha value is -3.82. The molecule has 0 fully saturated rings. The first-order valence-corrected chi connectivity index (χ1v) is 14.7. The number of amides is 2. The SMILES string of the molecule is O=C(NCCNC(=O)c1cc(-c2ccc(Cl)s2)nc2ccccc12)c1cc(-c2ccc(Cl)s2)nc2ccccc12. The van der Waals surface area contributed by atoms with Gasteiger partial charge in [0, 0.05) is 23.9 Å². The molecule has 0 atom stereocenters. The van der Waals surface area contributed by atoms with Crippen molar-refractivity contribution in [2.24, 2.45) is 0 Å². The van der Waals surface area contributed by atoms with E-state index in [-0.39, 0.29) is 24.9 Å². The van der Waals surface area contributed by atoms with Gasteiger partial charge in [0.2, 0.25) is 0 Å². The van der Waals surface area contributed by atoms with Crippen LogP contribution < -0.4 is 10.6 Å². The number of hydrogen-bond donors (Lipinski definition) is 2. The summed E-state index contributed by atoms with van der Waals surface area (Å²) in [6, 6.07) is 26.0. The summed E-state index contributed by atoms with van der Waals surface area (Å²) in [6.07, 6.45) is 0. The maximum absolute atomic E-state index is 13.2. The van der Waals surface area contributed by atoms with Crippen LogP contribution in [0.25, 0.3) is 42.9 Å². The molecular formula is C30H20Cl2N4O2S2. The molecule has 6 rings (SSSR count). The maximum atomic E-state index is 13.2. The van der Waals surface area contributed by atoms with Crippen LogP contribution in [-0.2, 0) is 0 Å². The lowest BCUT2D eigenvalue weighted by Crippen LogP contribution is -2.35. The zero-order valence-corrected chi connectivity index (χ0v) is 23.9. The monoisotopic (exact) mass is 602 g/mol. The van der Waals surface area contributed by atoms with Crippen molar-refractivity contribution in [3.63, 3.8) is 0 Å². The highest BCUT2D eigenvalue weighted by Crippen LogP contribution is 2.33. The van der Waals surface area contributed by atoms with Crippen molar-refractivity contribution in [2.75, 3.05) is 13.1 Å². The topological polar surface area (TPSA) is 84.0 Å². The smallest absolute Gasteiger partial charge is 0.252 e. The quantitative estimate of drug-likeness (QED) is 0.183. The van der Waals surface area contributed by atoms with E-state index in [1.165, 1.54) is 22.7 Å². The Bertz CT molecular complexity index is 1760. The number of pyridine rings is 2. The molecular weight excluding hydrogens is 583 g/mol. The summed E-state index contributed by atoms with van der Waals surface area (Å²) in [4.78, 5) is 37.7. The first-order chi connectivity index (χ1) is 19.5. The summed E-state index contributed by atoms with van der Waals surface area (Å²) in [5.41, 5.74) is 3.82. The molecule has 0 spiro atoms. The number of halogens is 2. The van der Waals surface area contributed by atoms with E-state index in [4.69, 9.17) is 33.2 Å². The van der Waals surface area contributed by atoms with Crippen molar-refractivity contribution < 1.29 is 9.59 Å². The molecule has 2 aromatic carbocycles. The van der Waals surface area contributed by atoms with Crippen LogP contribution in [0.2, 0.25) is 8.67 Å². The predicted octanol–water partition coefficient (Wildman–Crippen LogP) is 7.71. The van der Waals surface area contributed by atoms with Crippen LogP contribution in [-0.4, -0.2) is 34.9 Å². The van der Waals surface area contributed by atoms with Crippen molar-refractivity contribution in [3.05, 3.63) is 105 Å². The molecule has 0 aliphatic rings. The minimum Gasteiger partial charge on any atom is -0.350 e. The van der Waals surface area contributed by atoms with Crippen molar-refractivity contribution in [3.8, 4) is 21.1 Å². The van der Waals surface area contributed by atoms with Gasteiger partial charge in [0.15, 0.2) is 0 Å². The zero-order chi connectivity index (χ0) is 27.6. The van der Waals surface area contributed by atoms with Crippen molar-refractivity contribution in [2.45, 2.75) is 0 Å².